The lowest BCUT2D eigenvalue weighted by molar-refractivity contribution is -0.128. The van der Waals surface area contributed by atoms with Gasteiger partial charge in [-0.3, -0.25) is 0 Å². The number of esters is 2. The third-order valence-corrected chi connectivity index (χ3v) is 4.10. The second kappa shape index (κ2) is 6.99. The molecule has 2 atom stereocenters. The zero-order valence-electron chi connectivity index (χ0n) is 14.0. The van der Waals surface area contributed by atoms with E-state index >= 15 is 0 Å². The average Bonchev–Trinajstić information content (AvgIpc) is 2.45. The predicted molar refractivity (Wildman–Crippen MR) is 88.3 cm³/mol. The highest BCUT2D eigenvalue weighted by molar-refractivity contribution is 5.94. The summed E-state index contributed by atoms with van der Waals surface area (Å²) in [5.41, 5.74) is 0.427. The first kappa shape index (κ1) is 17.3. The molecule has 0 heterocycles. The predicted octanol–water partition coefficient (Wildman–Crippen LogP) is 4.15. The van der Waals surface area contributed by atoms with Crippen molar-refractivity contribution in [1.29, 1.82) is 0 Å². The molecule has 4 heteroatoms. The Labute approximate surface area is 137 Å². The van der Waals surface area contributed by atoms with Crippen LogP contribution < -0.4 is 4.74 Å². The molecule has 0 aliphatic heterocycles. The Hall–Kier alpha value is -2.10. The lowest BCUT2D eigenvalue weighted by Crippen LogP contribution is -2.34. The van der Waals surface area contributed by atoms with Gasteiger partial charge < -0.3 is 9.47 Å². The van der Waals surface area contributed by atoms with Gasteiger partial charge in [0, 0.05) is 6.08 Å². The van der Waals surface area contributed by atoms with Crippen molar-refractivity contribution in [1.82, 2.24) is 0 Å². The molecule has 0 radical (unpaired) electrons. The van der Waals surface area contributed by atoms with Gasteiger partial charge in [0.1, 0.15) is 17.4 Å². The molecule has 0 aromatic heterocycles. The first-order valence-corrected chi connectivity index (χ1v) is 7.95. The van der Waals surface area contributed by atoms with Crippen LogP contribution in [0.25, 0.3) is 0 Å². The summed E-state index contributed by atoms with van der Waals surface area (Å²) in [4.78, 5) is 23.9. The molecule has 1 aliphatic rings. The zero-order valence-corrected chi connectivity index (χ0v) is 14.0. The number of benzene rings is 1. The van der Waals surface area contributed by atoms with Crippen LogP contribution in [-0.4, -0.2) is 18.0 Å². The molecule has 1 fully saturated rings. The number of carbonyl (C=O) groups is 2. The molecular formula is C19H24O4. The van der Waals surface area contributed by atoms with E-state index in [2.05, 4.69) is 27.4 Å². The van der Waals surface area contributed by atoms with E-state index < -0.39 is 11.9 Å². The average molecular weight is 316 g/mol. The lowest BCUT2D eigenvalue weighted by atomic mass is 9.71. The van der Waals surface area contributed by atoms with E-state index in [1.807, 2.05) is 0 Å². The zero-order chi connectivity index (χ0) is 17.0. The van der Waals surface area contributed by atoms with Crippen LogP contribution in [0.3, 0.4) is 0 Å². The van der Waals surface area contributed by atoms with E-state index in [0.717, 1.165) is 25.3 Å². The van der Waals surface area contributed by atoms with Crippen molar-refractivity contribution in [3.05, 3.63) is 42.5 Å². The molecule has 23 heavy (non-hydrogen) atoms. The molecule has 0 bridgehead atoms. The Balaban J connectivity index is 2.12. The molecule has 1 saturated carbocycles. The fourth-order valence-electron chi connectivity index (χ4n) is 3.44. The van der Waals surface area contributed by atoms with Gasteiger partial charge in [-0.25, -0.2) is 9.59 Å². The highest BCUT2D eigenvalue weighted by Gasteiger charge is 2.34. The van der Waals surface area contributed by atoms with E-state index in [1.165, 1.54) is 0 Å². The fourth-order valence-corrected chi connectivity index (χ4v) is 3.44. The first-order valence-electron chi connectivity index (χ1n) is 7.95. The van der Waals surface area contributed by atoms with Crippen LogP contribution in [0.1, 0.15) is 50.4 Å². The molecule has 4 nitrogen and oxygen atoms in total. The Morgan fingerprint density at radius 2 is 1.96 bits per heavy atom. The topological polar surface area (TPSA) is 52.6 Å². The van der Waals surface area contributed by atoms with Crippen molar-refractivity contribution in [2.45, 2.75) is 46.1 Å². The summed E-state index contributed by atoms with van der Waals surface area (Å²) in [5, 5.41) is 0. The van der Waals surface area contributed by atoms with Crippen molar-refractivity contribution >= 4 is 11.9 Å². The summed E-state index contributed by atoms with van der Waals surface area (Å²) in [7, 11) is 0. The Morgan fingerprint density at radius 1 is 1.26 bits per heavy atom. The molecule has 0 amide bonds. The van der Waals surface area contributed by atoms with Gasteiger partial charge in [0.2, 0.25) is 0 Å². The van der Waals surface area contributed by atoms with Gasteiger partial charge in [0.05, 0.1) is 0 Å². The molecule has 124 valence electrons. The van der Waals surface area contributed by atoms with Crippen LogP contribution in [0.4, 0.5) is 0 Å². The smallest absolute Gasteiger partial charge is 0.342 e. The lowest BCUT2D eigenvalue weighted by Gasteiger charge is -2.38. The summed E-state index contributed by atoms with van der Waals surface area (Å²) in [6, 6.07) is 6.60. The number of para-hydroxylation sites is 1. The molecule has 1 aliphatic carbocycles. The van der Waals surface area contributed by atoms with Gasteiger partial charge >= 0.3 is 11.9 Å². The van der Waals surface area contributed by atoms with Crippen molar-refractivity contribution in [2.75, 3.05) is 0 Å². The quantitative estimate of drug-likeness (QED) is 0.476. The highest BCUT2D eigenvalue weighted by atomic mass is 16.6. The monoisotopic (exact) mass is 316 g/mol. The van der Waals surface area contributed by atoms with Crippen LogP contribution in [-0.2, 0) is 9.53 Å². The minimum absolute atomic E-state index is 0.107. The van der Waals surface area contributed by atoms with Crippen molar-refractivity contribution in [3.8, 4) is 5.75 Å². The van der Waals surface area contributed by atoms with Crippen molar-refractivity contribution in [3.63, 3.8) is 0 Å². The number of hydrogen-bond donors (Lipinski definition) is 0. The maximum atomic E-state index is 12.5. The normalized spacial score (nSPS) is 22.9. The van der Waals surface area contributed by atoms with Crippen LogP contribution in [0.15, 0.2) is 36.9 Å². The largest absolute Gasteiger partial charge is 0.459 e. The van der Waals surface area contributed by atoms with Gasteiger partial charge in [-0.2, -0.15) is 0 Å². The summed E-state index contributed by atoms with van der Waals surface area (Å²) in [6.45, 7) is 9.94. The molecular weight excluding hydrogens is 292 g/mol. The van der Waals surface area contributed by atoms with E-state index in [-0.39, 0.29) is 22.8 Å². The Kier molecular flexibility index (Phi) is 5.24. The van der Waals surface area contributed by atoms with Gasteiger partial charge in [-0.15, -0.1) is 0 Å². The standard InChI is InChI=1S/C19H24O4/c1-5-17(20)23-16-9-7-6-8-15(16)18(21)22-14-10-13(2)11-19(3,4)12-14/h5-9,13-14H,1,10-12H2,2-4H3. The first-order chi connectivity index (χ1) is 10.8. The molecule has 0 spiro atoms. The number of hydrogen-bond acceptors (Lipinski definition) is 4. The van der Waals surface area contributed by atoms with Gasteiger partial charge in [-0.05, 0) is 42.7 Å². The SMILES string of the molecule is C=CC(=O)Oc1ccccc1C(=O)OC1CC(C)CC(C)(C)C1. The Morgan fingerprint density at radius 3 is 2.61 bits per heavy atom. The maximum Gasteiger partial charge on any atom is 0.342 e. The molecule has 2 rings (SSSR count). The molecule has 0 N–H and O–H groups in total. The van der Waals surface area contributed by atoms with E-state index in [0.29, 0.717) is 5.92 Å². The molecule has 0 saturated heterocycles. The molecule has 2 unspecified atom stereocenters. The number of ether oxygens (including phenoxy) is 2. The van der Waals surface area contributed by atoms with Gasteiger partial charge in [0.15, 0.2) is 0 Å². The summed E-state index contributed by atoms with van der Waals surface area (Å²) in [5.74, 6) is -0.332. The van der Waals surface area contributed by atoms with Gasteiger partial charge in [0.25, 0.3) is 0 Å². The third kappa shape index (κ3) is 4.68. The summed E-state index contributed by atoms with van der Waals surface area (Å²) >= 11 is 0. The van der Waals surface area contributed by atoms with E-state index in [4.69, 9.17) is 9.47 Å². The van der Waals surface area contributed by atoms with Crippen LogP contribution in [0.2, 0.25) is 0 Å². The van der Waals surface area contributed by atoms with Gasteiger partial charge in [-0.1, -0.05) is 39.5 Å². The van der Waals surface area contributed by atoms with Crippen molar-refractivity contribution in [2.24, 2.45) is 11.3 Å². The molecule has 1 aromatic carbocycles. The highest BCUT2D eigenvalue weighted by Crippen LogP contribution is 2.40. The minimum Gasteiger partial charge on any atom is -0.459 e. The number of rotatable bonds is 4. The maximum absolute atomic E-state index is 12.5. The van der Waals surface area contributed by atoms with Crippen LogP contribution in [0.5, 0.6) is 5.75 Å². The van der Waals surface area contributed by atoms with Crippen LogP contribution >= 0.6 is 0 Å². The second-order valence-electron chi connectivity index (χ2n) is 7.06. The van der Waals surface area contributed by atoms with E-state index in [1.54, 1.807) is 24.3 Å². The van der Waals surface area contributed by atoms with Crippen LogP contribution in [0, 0.1) is 11.3 Å². The fraction of sp³-hybridized carbons (Fsp3) is 0.474. The Bertz CT molecular complexity index is 603. The third-order valence-electron chi connectivity index (χ3n) is 4.10. The van der Waals surface area contributed by atoms with Crippen molar-refractivity contribution < 1.29 is 19.1 Å². The van der Waals surface area contributed by atoms with E-state index in [9.17, 15) is 9.59 Å². The minimum atomic E-state index is -0.599. The second-order valence-corrected chi connectivity index (χ2v) is 7.06. The summed E-state index contributed by atoms with van der Waals surface area (Å²) < 4.78 is 10.8. The summed E-state index contributed by atoms with van der Waals surface area (Å²) in [6.07, 6.45) is 3.80. The molecule has 1 aromatic rings. The number of carbonyl (C=O) groups excluding carboxylic acids is 2.